The van der Waals surface area contributed by atoms with Gasteiger partial charge in [0.05, 0.1) is 17.1 Å². The molecule has 2 aliphatic rings. The van der Waals surface area contributed by atoms with Gasteiger partial charge in [0.25, 0.3) is 5.91 Å². The Morgan fingerprint density at radius 3 is 2.63 bits per heavy atom. The van der Waals surface area contributed by atoms with E-state index in [1.807, 2.05) is 18.2 Å². The Hall–Kier alpha value is -3.33. The first kappa shape index (κ1) is 18.7. The molecule has 1 saturated heterocycles. The summed E-state index contributed by atoms with van der Waals surface area (Å²) in [5.41, 5.74) is 0.712. The fourth-order valence-corrected chi connectivity index (χ4v) is 3.70. The van der Waals surface area contributed by atoms with Crippen LogP contribution in [0.4, 0.5) is 5.95 Å². The standard InChI is InChI=1S/C21H22N6O3/c1-27-11-9-21(29,19(27)28)18-12-17(26-30-18)15-7-3-6-14(24-15)16-8-10-22-20(25-16)23-13-4-2-5-13/h3,6-8,10,12-13,29H,2,4-5,9,11H2,1H3,(H,22,23,25). The zero-order chi connectivity index (χ0) is 20.7. The molecule has 3 aromatic heterocycles. The summed E-state index contributed by atoms with van der Waals surface area (Å²) in [7, 11) is 1.65. The topological polar surface area (TPSA) is 117 Å². The largest absolute Gasteiger partial charge is 0.373 e. The van der Waals surface area contributed by atoms with Crippen molar-refractivity contribution in [2.45, 2.75) is 37.3 Å². The SMILES string of the molecule is CN1CCC(O)(c2cc(-c3cccc(-c4ccnc(NC5CCC5)n4)n3)no2)C1=O. The molecule has 0 bridgehead atoms. The van der Waals surface area contributed by atoms with Crippen LogP contribution in [0, 0.1) is 0 Å². The van der Waals surface area contributed by atoms with Crippen molar-refractivity contribution in [3.05, 3.63) is 42.3 Å². The summed E-state index contributed by atoms with van der Waals surface area (Å²) in [6.07, 6.45) is 5.49. The van der Waals surface area contributed by atoms with Gasteiger partial charge in [0.1, 0.15) is 5.69 Å². The maximum absolute atomic E-state index is 12.3. The van der Waals surface area contributed by atoms with Crippen LogP contribution in [0.3, 0.4) is 0 Å². The molecule has 0 spiro atoms. The molecule has 2 N–H and O–H groups in total. The van der Waals surface area contributed by atoms with Crippen molar-refractivity contribution in [2.75, 3.05) is 18.9 Å². The Morgan fingerprint density at radius 1 is 1.17 bits per heavy atom. The van der Waals surface area contributed by atoms with Crippen molar-refractivity contribution in [3.63, 3.8) is 0 Å². The third kappa shape index (κ3) is 3.21. The summed E-state index contributed by atoms with van der Waals surface area (Å²) in [5, 5.41) is 18.1. The molecule has 0 aromatic carbocycles. The Bertz CT molecular complexity index is 1100. The van der Waals surface area contributed by atoms with Crippen molar-refractivity contribution < 1.29 is 14.4 Å². The van der Waals surface area contributed by atoms with Gasteiger partial charge in [-0.15, -0.1) is 0 Å². The number of hydrogen-bond acceptors (Lipinski definition) is 8. The van der Waals surface area contributed by atoms with E-state index in [0.717, 1.165) is 12.8 Å². The van der Waals surface area contributed by atoms with Crippen LogP contribution in [-0.4, -0.2) is 55.7 Å². The number of carbonyl (C=O) groups excluding carboxylic acids is 1. The zero-order valence-corrected chi connectivity index (χ0v) is 16.6. The molecule has 1 unspecified atom stereocenters. The number of nitrogens with zero attached hydrogens (tertiary/aromatic N) is 5. The molecular weight excluding hydrogens is 384 g/mol. The molecule has 2 fully saturated rings. The molecule has 9 nitrogen and oxygen atoms in total. The second-order valence-electron chi connectivity index (χ2n) is 7.86. The highest BCUT2D eigenvalue weighted by atomic mass is 16.5. The smallest absolute Gasteiger partial charge is 0.262 e. The lowest BCUT2D eigenvalue weighted by Crippen LogP contribution is -2.35. The van der Waals surface area contributed by atoms with Gasteiger partial charge in [-0.05, 0) is 37.5 Å². The van der Waals surface area contributed by atoms with Gasteiger partial charge >= 0.3 is 0 Å². The van der Waals surface area contributed by atoms with Crippen molar-refractivity contribution >= 4 is 11.9 Å². The number of amides is 1. The minimum Gasteiger partial charge on any atom is -0.373 e. The van der Waals surface area contributed by atoms with E-state index in [9.17, 15) is 9.90 Å². The monoisotopic (exact) mass is 406 g/mol. The van der Waals surface area contributed by atoms with E-state index >= 15 is 0 Å². The number of anilines is 1. The Kier molecular flexibility index (Phi) is 4.47. The first-order valence-corrected chi connectivity index (χ1v) is 10.1. The Balaban J connectivity index is 1.41. The van der Waals surface area contributed by atoms with Crippen LogP contribution in [0.1, 0.15) is 31.4 Å². The van der Waals surface area contributed by atoms with Gasteiger partial charge in [-0.2, -0.15) is 0 Å². The van der Waals surface area contributed by atoms with Gasteiger partial charge in [-0.1, -0.05) is 11.2 Å². The molecule has 5 rings (SSSR count). The number of likely N-dealkylation sites (tertiary alicyclic amines) is 1. The van der Waals surface area contributed by atoms with E-state index < -0.39 is 5.60 Å². The summed E-state index contributed by atoms with van der Waals surface area (Å²) >= 11 is 0. The molecule has 4 heterocycles. The number of aromatic nitrogens is 4. The van der Waals surface area contributed by atoms with Gasteiger partial charge in [0, 0.05) is 38.3 Å². The fourth-order valence-electron chi connectivity index (χ4n) is 3.70. The highest BCUT2D eigenvalue weighted by molar-refractivity contribution is 5.87. The van der Waals surface area contributed by atoms with Crippen molar-refractivity contribution in [1.29, 1.82) is 0 Å². The van der Waals surface area contributed by atoms with E-state index in [1.54, 1.807) is 25.4 Å². The summed E-state index contributed by atoms with van der Waals surface area (Å²) in [4.78, 5) is 27.3. The number of hydrogen-bond donors (Lipinski definition) is 2. The number of rotatable bonds is 5. The van der Waals surface area contributed by atoms with Crippen LogP contribution < -0.4 is 5.32 Å². The number of aliphatic hydroxyl groups is 1. The van der Waals surface area contributed by atoms with E-state index in [0.29, 0.717) is 41.3 Å². The zero-order valence-electron chi connectivity index (χ0n) is 16.6. The second kappa shape index (κ2) is 7.17. The molecule has 1 aliphatic carbocycles. The second-order valence-corrected chi connectivity index (χ2v) is 7.86. The average molecular weight is 406 g/mol. The summed E-state index contributed by atoms with van der Waals surface area (Å²) in [5.74, 6) is 0.340. The molecule has 1 atom stereocenters. The van der Waals surface area contributed by atoms with E-state index in [-0.39, 0.29) is 18.1 Å². The highest BCUT2D eigenvalue weighted by Crippen LogP contribution is 2.34. The summed E-state index contributed by atoms with van der Waals surface area (Å²) in [6.45, 7) is 0.462. The molecule has 1 aliphatic heterocycles. The van der Waals surface area contributed by atoms with Gasteiger partial charge in [0.2, 0.25) is 11.5 Å². The minimum atomic E-state index is -1.67. The van der Waals surface area contributed by atoms with Crippen molar-refractivity contribution in [3.8, 4) is 22.8 Å². The molecule has 9 heteroatoms. The maximum atomic E-state index is 12.3. The predicted molar refractivity (Wildman–Crippen MR) is 108 cm³/mol. The van der Waals surface area contributed by atoms with Crippen LogP contribution in [0.15, 0.2) is 41.1 Å². The number of nitrogens with one attached hydrogen (secondary N) is 1. The predicted octanol–water partition coefficient (Wildman–Crippen LogP) is 2.21. The van der Waals surface area contributed by atoms with Crippen molar-refractivity contribution in [1.82, 2.24) is 25.0 Å². The Labute approximate surface area is 173 Å². The average Bonchev–Trinajstić information content (AvgIpc) is 3.34. The lowest BCUT2D eigenvalue weighted by molar-refractivity contribution is -0.144. The normalized spacial score (nSPS) is 21.7. The lowest BCUT2D eigenvalue weighted by Gasteiger charge is -2.26. The Morgan fingerprint density at radius 2 is 1.93 bits per heavy atom. The van der Waals surface area contributed by atoms with Crippen LogP contribution in [-0.2, 0) is 10.4 Å². The highest BCUT2D eigenvalue weighted by Gasteiger charge is 2.48. The number of carbonyl (C=O) groups is 1. The quantitative estimate of drug-likeness (QED) is 0.662. The third-order valence-electron chi connectivity index (χ3n) is 5.80. The van der Waals surface area contributed by atoms with Crippen LogP contribution in [0.2, 0.25) is 0 Å². The first-order valence-electron chi connectivity index (χ1n) is 10.1. The molecule has 1 amide bonds. The summed E-state index contributed by atoms with van der Waals surface area (Å²) in [6, 6.07) is 9.34. The van der Waals surface area contributed by atoms with Gasteiger partial charge < -0.3 is 19.8 Å². The van der Waals surface area contributed by atoms with Gasteiger partial charge in [-0.3, -0.25) is 4.79 Å². The van der Waals surface area contributed by atoms with E-state index in [4.69, 9.17) is 4.52 Å². The van der Waals surface area contributed by atoms with Gasteiger partial charge in [-0.25, -0.2) is 15.0 Å². The number of likely N-dealkylation sites (N-methyl/N-ethyl adjacent to an activating group) is 1. The molecule has 1 saturated carbocycles. The molecule has 3 aromatic rings. The molecular formula is C21H22N6O3. The molecule has 0 radical (unpaired) electrons. The first-order chi connectivity index (χ1) is 14.5. The maximum Gasteiger partial charge on any atom is 0.262 e. The van der Waals surface area contributed by atoms with E-state index in [2.05, 4.69) is 25.4 Å². The fraction of sp³-hybridized carbons (Fsp3) is 0.381. The third-order valence-corrected chi connectivity index (χ3v) is 5.80. The molecule has 30 heavy (non-hydrogen) atoms. The van der Waals surface area contributed by atoms with Crippen LogP contribution in [0.5, 0.6) is 0 Å². The van der Waals surface area contributed by atoms with Crippen molar-refractivity contribution in [2.24, 2.45) is 0 Å². The molecule has 154 valence electrons. The van der Waals surface area contributed by atoms with Crippen LogP contribution >= 0.6 is 0 Å². The lowest BCUT2D eigenvalue weighted by atomic mass is 9.93. The van der Waals surface area contributed by atoms with Crippen LogP contribution in [0.25, 0.3) is 22.8 Å². The summed E-state index contributed by atoms with van der Waals surface area (Å²) < 4.78 is 5.33. The van der Waals surface area contributed by atoms with E-state index in [1.165, 1.54) is 11.3 Å². The van der Waals surface area contributed by atoms with Gasteiger partial charge in [0.15, 0.2) is 5.76 Å². The minimum absolute atomic E-state index is 0.132. The number of pyridine rings is 1.